The second-order valence-electron chi connectivity index (χ2n) is 4.80. The van der Waals surface area contributed by atoms with Gasteiger partial charge in [-0.1, -0.05) is 27.7 Å². The van der Waals surface area contributed by atoms with Crippen LogP contribution in [0.25, 0.3) is 0 Å². The van der Waals surface area contributed by atoms with E-state index in [1.54, 1.807) is 7.11 Å². The molecule has 0 bridgehead atoms. The molecule has 0 amide bonds. The SMILES string of the molecule is CCc1nc(N)nc(C(OC)C(C)(C)C)n1. The minimum atomic E-state index is -0.178. The van der Waals surface area contributed by atoms with E-state index in [9.17, 15) is 0 Å². The highest BCUT2D eigenvalue weighted by molar-refractivity contribution is 5.17. The summed E-state index contributed by atoms with van der Waals surface area (Å²) in [7, 11) is 1.65. The van der Waals surface area contributed by atoms with Crippen molar-refractivity contribution in [1.82, 2.24) is 15.0 Å². The molecule has 16 heavy (non-hydrogen) atoms. The average molecular weight is 224 g/mol. The Balaban J connectivity index is 3.15. The third-order valence-corrected chi connectivity index (χ3v) is 2.29. The average Bonchev–Trinajstić information content (AvgIpc) is 2.15. The zero-order chi connectivity index (χ0) is 12.3. The molecule has 5 heteroatoms. The van der Waals surface area contributed by atoms with Crippen molar-refractivity contribution >= 4 is 5.95 Å². The number of anilines is 1. The lowest BCUT2D eigenvalue weighted by molar-refractivity contribution is 0.00846. The first-order valence-electron chi connectivity index (χ1n) is 5.41. The van der Waals surface area contributed by atoms with Crippen LogP contribution in [0.2, 0.25) is 0 Å². The van der Waals surface area contributed by atoms with Gasteiger partial charge in [0.2, 0.25) is 5.95 Å². The van der Waals surface area contributed by atoms with Crippen LogP contribution < -0.4 is 5.73 Å². The number of hydrogen-bond donors (Lipinski definition) is 1. The Morgan fingerprint density at radius 2 is 1.88 bits per heavy atom. The van der Waals surface area contributed by atoms with E-state index in [0.29, 0.717) is 11.6 Å². The molecule has 0 spiro atoms. The summed E-state index contributed by atoms with van der Waals surface area (Å²) in [6.45, 7) is 8.21. The van der Waals surface area contributed by atoms with Crippen molar-refractivity contribution in [2.24, 2.45) is 5.41 Å². The number of methoxy groups -OCH3 is 1. The van der Waals surface area contributed by atoms with Crippen LogP contribution in [-0.2, 0) is 11.2 Å². The van der Waals surface area contributed by atoms with Gasteiger partial charge in [-0.15, -0.1) is 0 Å². The molecular weight excluding hydrogens is 204 g/mol. The van der Waals surface area contributed by atoms with Crippen LogP contribution >= 0.6 is 0 Å². The van der Waals surface area contributed by atoms with Crippen molar-refractivity contribution in [3.05, 3.63) is 11.6 Å². The second kappa shape index (κ2) is 4.74. The quantitative estimate of drug-likeness (QED) is 0.846. The number of aryl methyl sites for hydroxylation is 1. The summed E-state index contributed by atoms with van der Waals surface area (Å²) in [5, 5.41) is 0. The van der Waals surface area contributed by atoms with Crippen LogP contribution in [0, 0.1) is 5.41 Å². The maximum atomic E-state index is 5.65. The molecule has 2 N–H and O–H groups in total. The highest BCUT2D eigenvalue weighted by Gasteiger charge is 2.29. The Bertz CT molecular complexity index is 359. The second-order valence-corrected chi connectivity index (χ2v) is 4.80. The monoisotopic (exact) mass is 224 g/mol. The standard InChI is InChI=1S/C11H20N4O/c1-6-7-13-9(15-10(12)14-7)8(16-5)11(2,3)4/h8H,6H2,1-5H3,(H2,12,13,14,15). The number of nitrogens with zero attached hydrogens (tertiary/aromatic N) is 3. The van der Waals surface area contributed by atoms with Crippen molar-refractivity contribution in [3.63, 3.8) is 0 Å². The topological polar surface area (TPSA) is 73.9 Å². The van der Waals surface area contributed by atoms with Crippen molar-refractivity contribution < 1.29 is 4.74 Å². The number of ether oxygens (including phenoxy) is 1. The van der Waals surface area contributed by atoms with Crippen LogP contribution in [0.3, 0.4) is 0 Å². The molecule has 0 saturated heterocycles. The number of nitrogens with two attached hydrogens (primary N) is 1. The van der Waals surface area contributed by atoms with Gasteiger partial charge in [-0.3, -0.25) is 0 Å². The van der Waals surface area contributed by atoms with Gasteiger partial charge in [-0.05, 0) is 5.41 Å². The number of hydrogen-bond acceptors (Lipinski definition) is 5. The van der Waals surface area contributed by atoms with Gasteiger partial charge in [0.15, 0.2) is 5.82 Å². The zero-order valence-electron chi connectivity index (χ0n) is 10.6. The molecule has 0 aliphatic heterocycles. The lowest BCUT2D eigenvalue weighted by Crippen LogP contribution is -2.23. The fraction of sp³-hybridized carbons (Fsp3) is 0.727. The summed E-state index contributed by atoms with van der Waals surface area (Å²) in [4.78, 5) is 12.6. The molecule has 1 rings (SSSR count). The lowest BCUT2D eigenvalue weighted by Gasteiger charge is -2.28. The minimum absolute atomic E-state index is 0.0758. The normalized spacial score (nSPS) is 13.8. The van der Waals surface area contributed by atoms with Crippen molar-refractivity contribution in [3.8, 4) is 0 Å². The first kappa shape index (κ1) is 12.8. The Kier molecular flexibility index (Phi) is 3.80. The van der Waals surface area contributed by atoms with E-state index in [1.807, 2.05) is 6.92 Å². The summed E-state index contributed by atoms with van der Waals surface area (Å²) >= 11 is 0. The van der Waals surface area contributed by atoms with Crippen LogP contribution in [0.5, 0.6) is 0 Å². The molecule has 0 saturated carbocycles. The first-order chi connectivity index (χ1) is 7.38. The third kappa shape index (κ3) is 2.88. The summed E-state index contributed by atoms with van der Waals surface area (Å²) < 4.78 is 5.45. The van der Waals surface area contributed by atoms with Gasteiger partial charge in [0.25, 0.3) is 0 Å². The molecule has 5 nitrogen and oxygen atoms in total. The lowest BCUT2D eigenvalue weighted by atomic mass is 9.88. The summed E-state index contributed by atoms with van der Waals surface area (Å²) in [6, 6.07) is 0. The van der Waals surface area contributed by atoms with Crippen LogP contribution in [0.1, 0.15) is 45.4 Å². The molecular formula is C11H20N4O. The molecule has 1 atom stereocenters. The van der Waals surface area contributed by atoms with Crippen molar-refractivity contribution in [1.29, 1.82) is 0 Å². The van der Waals surface area contributed by atoms with Crippen LogP contribution in [0.4, 0.5) is 5.95 Å². The molecule has 0 aliphatic rings. The van der Waals surface area contributed by atoms with E-state index < -0.39 is 0 Å². The van der Waals surface area contributed by atoms with Crippen molar-refractivity contribution in [2.75, 3.05) is 12.8 Å². The molecule has 0 fully saturated rings. The molecule has 1 unspecified atom stereocenters. The summed E-state index contributed by atoms with van der Waals surface area (Å²) in [6.07, 6.45) is 0.559. The number of rotatable bonds is 3. The van der Waals surface area contributed by atoms with E-state index in [4.69, 9.17) is 10.5 Å². The van der Waals surface area contributed by atoms with Crippen LogP contribution in [0.15, 0.2) is 0 Å². The predicted molar refractivity (Wildman–Crippen MR) is 62.8 cm³/mol. The smallest absolute Gasteiger partial charge is 0.223 e. The fourth-order valence-electron chi connectivity index (χ4n) is 1.58. The maximum Gasteiger partial charge on any atom is 0.223 e. The summed E-state index contributed by atoms with van der Waals surface area (Å²) in [5.41, 5.74) is 5.58. The molecule has 0 aliphatic carbocycles. The fourth-order valence-corrected chi connectivity index (χ4v) is 1.58. The third-order valence-electron chi connectivity index (χ3n) is 2.29. The van der Waals surface area contributed by atoms with Gasteiger partial charge in [0.05, 0.1) is 0 Å². The molecule has 0 aromatic carbocycles. The van der Waals surface area contributed by atoms with Gasteiger partial charge in [-0.25, -0.2) is 4.98 Å². The van der Waals surface area contributed by atoms with Gasteiger partial charge >= 0.3 is 0 Å². The van der Waals surface area contributed by atoms with E-state index >= 15 is 0 Å². The van der Waals surface area contributed by atoms with Crippen LogP contribution in [-0.4, -0.2) is 22.1 Å². The minimum Gasteiger partial charge on any atom is -0.373 e. The maximum absolute atomic E-state index is 5.65. The molecule has 1 aromatic heterocycles. The van der Waals surface area contributed by atoms with Gasteiger partial charge in [0, 0.05) is 13.5 Å². The van der Waals surface area contributed by atoms with E-state index in [0.717, 1.165) is 6.42 Å². The molecule has 1 aromatic rings. The Morgan fingerprint density at radius 3 is 2.31 bits per heavy atom. The molecule has 90 valence electrons. The van der Waals surface area contributed by atoms with E-state index in [-0.39, 0.29) is 17.5 Å². The summed E-state index contributed by atoms with van der Waals surface area (Å²) in [5.74, 6) is 1.57. The highest BCUT2D eigenvalue weighted by Crippen LogP contribution is 2.33. The van der Waals surface area contributed by atoms with E-state index in [1.165, 1.54) is 0 Å². The number of aromatic nitrogens is 3. The van der Waals surface area contributed by atoms with Crippen molar-refractivity contribution in [2.45, 2.75) is 40.2 Å². The Morgan fingerprint density at radius 1 is 1.25 bits per heavy atom. The van der Waals surface area contributed by atoms with Gasteiger partial charge in [-0.2, -0.15) is 9.97 Å². The Labute approximate surface area is 96.5 Å². The predicted octanol–water partition coefficient (Wildman–Crippen LogP) is 1.75. The van der Waals surface area contributed by atoms with Gasteiger partial charge in [0.1, 0.15) is 11.9 Å². The van der Waals surface area contributed by atoms with Gasteiger partial charge < -0.3 is 10.5 Å². The number of nitrogen functional groups attached to an aromatic ring is 1. The molecule has 0 radical (unpaired) electrons. The Hall–Kier alpha value is -1.23. The molecule has 1 heterocycles. The van der Waals surface area contributed by atoms with E-state index in [2.05, 4.69) is 35.7 Å². The highest BCUT2D eigenvalue weighted by atomic mass is 16.5. The first-order valence-corrected chi connectivity index (χ1v) is 5.41. The zero-order valence-corrected chi connectivity index (χ0v) is 10.6. The largest absolute Gasteiger partial charge is 0.373 e.